The molecule has 1 unspecified atom stereocenters. The topological polar surface area (TPSA) is 55.2 Å². The van der Waals surface area contributed by atoms with E-state index in [1.807, 2.05) is 42.2 Å². The van der Waals surface area contributed by atoms with Crippen LogP contribution in [0.25, 0.3) is 16.6 Å². The lowest BCUT2D eigenvalue weighted by molar-refractivity contribution is -0.135. The van der Waals surface area contributed by atoms with Crippen molar-refractivity contribution in [2.75, 3.05) is 6.54 Å². The van der Waals surface area contributed by atoms with Crippen LogP contribution in [-0.4, -0.2) is 26.9 Å². The fraction of sp³-hybridized carbons (Fsp3) is 0.464. The van der Waals surface area contributed by atoms with Gasteiger partial charge in [0.25, 0.3) is 5.56 Å². The van der Waals surface area contributed by atoms with E-state index >= 15 is 0 Å². The first kappa shape index (κ1) is 26.0. The van der Waals surface area contributed by atoms with E-state index in [9.17, 15) is 9.59 Å². The summed E-state index contributed by atoms with van der Waals surface area (Å²) < 4.78 is 1.69. The standard InChI is InChI=1S/C28H36ClN3O2/c1-7-24(31(15-14-18(2)3)26(33)16-19(4)5)27-30-23-11-9-8-10-22(23)28(34)32(27)25-13-12-21(29)17-20(25)6/h8-13,17-19,24H,7,14-16H2,1-6H3. The van der Waals surface area contributed by atoms with Crippen molar-refractivity contribution < 1.29 is 4.79 Å². The lowest BCUT2D eigenvalue weighted by Gasteiger charge is -2.33. The number of rotatable bonds is 9. The summed E-state index contributed by atoms with van der Waals surface area (Å²) in [5, 5.41) is 1.17. The smallest absolute Gasteiger partial charge is 0.266 e. The number of nitrogens with zero attached hydrogens (tertiary/aromatic N) is 3. The number of hydrogen-bond donors (Lipinski definition) is 0. The van der Waals surface area contributed by atoms with Crippen molar-refractivity contribution in [1.29, 1.82) is 0 Å². The van der Waals surface area contributed by atoms with Crippen LogP contribution in [0.4, 0.5) is 0 Å². The van der Waals surface area contributed by atoms with Crippen molar-refractivity contribution in [1.82, 2.24) is 14.5 Å². The third kappa shape index (κ3) is 5.69. The molecule has 3 rings (SSSR count). The number of para-hydroxylation sites is 1. The molecule has 34 heavy (non-hydrogen) atoms. The van der Waals surface area contributed by atoms with Crippen LogP contribution in [0.15, 0.2) is 47.3 Å². The number of amides is 1. The predicted molar refractivity (Wildman–Crippen MR) is 141 cm³/mol. The Morgan fingerprint density at radius 1 is 1.09 bits per heavy atom. The highest BCUT2D eigenvalue weighted by Gasteiger charge is 2.29. The first-order chi connectivity index (χ1) is 16.1. The van der Waals surface area contributed by atoms with Crippen LogP contribution in [0.5, 0.6) is 0 Å². The van der Waals surface area contributed by atoms with E-state index in [4.69, 9.17) is 16.6 Å². The minimum absolute atomic E-state index is 0.101. The molecule has 0 bridgehead atoms. The van der Waals surface area contributed by atoms with Gasteiger partial charge in [0.05, 0.1) is 22.6 Å². The lowest BCUT2D eigenvalue weighted by atomic mass is 10.0. The molecule has 0 aliphatic rings. The van der Waals surface area contributed by atoms with Crippen LogP contribution < -0.4 is 5.56 Å². The number of halogens is 1. The normalized spacial score (nSPS) is 12.5. The molecule has 1 amide bonds. The van der Waals surface area contributed by atoms with Crippen LogP contribution in [0, 0.1) is 18.8 Å². The van der Waals surface area contributed by atoms with Gasteiger partial charge in [-0.1, -0.05) is 58.4 Å². The number of aryl methyl sites for hydroxylation is 1. The Kier molecular flexibility index (Phi) is 8.53. The highest BCUT2D eigenvalue weighted by atomic mass is 35.5. The van der Waals surface area contributed by atoms with E-state index in [1.54, 1.807) is 16.7 Å². The summed E-state index contributed by atoms with van der Waals surface area (Å²) in [6.45, 7) is 13.1. The van der Waals surface area contributed by atoms with Crippen molar-refractivity contribution in [3.63, 3.8) is 0 Å². The molecule has 0 N–H and O–H groups in total. The second-order valence-corrected chi connectivity index (χ2v) is 10.3. The highest BCUT2D eigenvalue weighted by molar-refractivity contribution is 6.30. The SMILES string of the molecule is CCC(c1nc2ccccc2c(=O)n1-c1ccc(Cl)cc1C)N(CCC(C)C)C(=O)CC(C)C. The first-order valence-corrected chi connectivity index (χ1v) is 12.6. The maximum absolute atomic E-state index is 13.8. The second kappa shape index (κ2) is 11.2. The average molecular weight is 482 g/mol. The van der Waals surface area contributed by atoms with E-state index in [0.717, 1.165) is 17.7 Å². The Bertz CT molecular complexity index is 1220. The Balaban J connectivity index is 2.28. The van der Waals surface area contributed by atoms with Gasteiger partial charge in [0.2, 0.25) is 5.91 Å². The summed E-state index contributed by atoms with van der Waals surface area (Å²) in [6, 6.07) is 12.6. The lowest BCUT2D eigenvalue weighted by Crippen LogP contribution is -2.40. The molecule has 1 heterocycles. The first-order valence-electron chi connectivity index (χ1n) is 12.2. The number of benzene rings is 2. The molecule has 0 radical (unpaired) electrons. The highest BCUT2D eigenvalue weighted by Crippen LogP contribution is 2.29. The molecule has 2 aromatic carbocycles. The minimum atomic E-state index is -0.322. The fourth-order valence-electron chi connectivity index (χ4n) is 4.34. The van der Waals surface area contributed by atoms with Crippen molar-refractivity contribution >= 4 is 28.4 Å². The van der Waals surface area contributed by atoms with Gasteiger partial charge in [-0.25, -0.2) is 4.98 Å². The molecular formula is C28H36ClN3O2. The monoisotopic (exact) mass is 481 g/mol. The molecule has 0 saturated heterocycles. The maximum Gasteiger partial charge on any atom is 0.266 e. The number of fused-ring (bicyclic) bond motifs is 1. The maximum atomic E-state index is 13.8. The second-order valence-electron chi connectivity index (χ2n) is 9.85. The van der Waals surface area contributed by atoms with Gasteiger partial charge in [-0.3, -0.25) is 14.2 Å². The number of hydrogen-bond acceptors (Lipinski definition) is 3. The average Bonchev–Trinajstić information content (AvgIpc) is 2.76. The minimum Gasteiger partial charge on any atom is -0.332 e. The Labute approximate surface area is 207 Å². The molecule has 0 saturated carbocycles. The number of carbonyl (C=O) groups excluding carboxylic acids is 1. The molecule has 1 atom stereocenters. The molecule has 0 aliphatic heterocycles. The van der Waals surface area contributed by atoms with E-state index in [1.165, 1.54) is 0 Å². The Morgan fingerprint density at radius 2 is 1.79 bits per heavy atom. The molecule has 0 fully saturated rings. The molecule has 5 nitrogen and oxygen atoms in total. The molecular weight excluding hydrogens is 446 g/mol. The van der Waals surface area contributed by atoms with Crippen molar-refractivity contribution in [3.8, 4) is 5.69 Å². The molecule has 3 aromatic rings. The zero-order valence-corrected chi connectivity index (χ0v) is 21.9. The van der Waals surface area contributed by atoms with Crippen molar-refractivity contribution in [2.24, 2.45) is 11.8 Å². The summed E-state index contributed by atoms with van der Waals surface area (Å²) in [7, 11) is 0. The fourth-order valence-corrected chi connectivity index (χ4v) is 4.56. The predicted octanol–water partition coefficient (Wildman–Crippen LogP) is 6.72. The third-order valence-electron chi connectivity index (χ3n) is 6.11. The van der Waals surface area contributed by atoms with Crippen LogP contribution in [-0.2, 0) is 4.79 Å². The van der Waals surface area contributed by atoms with Gasteiger partial charge >= 0.3 is 0 Å². The molecule has 0 spiro atoms. The van der Waals surface area contributed by atoms with E-state index in [2.05, 4.69) is 34.6 Å². The molecule has 6 heteroatoms. The van der Waals surface area contributed by atoms with E-state index in [-0.39, 0.29) is 23.4 Å². The van der Waals surface area contributed by atoms with Crippen LogP contribution >= 0.6 is 11.6 Å². The number of aromatic nitrogens is 2. The van der Waals surface area contributed by atoms with E-state index in [0.29, 0.717) is 47.1 Å². The summed E-state index contributed by atoms with van der Waals surface area (Å²) in [5.74, 6) is 1.40. The van der Waals surface area contributed by atoms with Gasteiger partial charge in [0.15, 0.2) is 0 Å². The Hall–Kier alpha value is -2.66. The van der Waals surface area contributed by atoms with Crippen molar-refractivity contribution in [3.05, 3.63) is 69.2 Å². The largest absolute Gasteiger partial charge is 0.332 e. The van der Waals surface area contributed by atoms with Gasteiger partial charge < -0.3 is 4.90 Å². The van der Waals surface area contributed by atoms with Crippen LogP contribution in [0.3, 0.4) is 0 Å². The quantitative estimate of drug-likeness (QED) is 0.341. The van der Waals surface area contributed by atoms with Crippen LogP contribution in [0.1, 0.15) is 71.3 Å². The van der Waals surface area contributed by atoms with Gasteiger partial charge in [0, 0.05) is 18.0 Å². The zero-order valence-electron chi connectivity index (χ0n) is 21.1. The van der Waals surface area contributed by atoms with Gasteiger partial charge in [-0.15, -0.1) is 0 Å². The molecule has 1 aromatic heterocycles. The van der Waals surface area contributed by atoms with Gasteiger partial charge in [0.1, 0.15) is 5.82 Å². The molecule has 0 aliphatic carbocycles. The Morgan fingerprint density at radius 3 is 2.41 bits per heavy atom. The summed E-state index contributed by atoms with van der Waals surface area (Å²) >= 11 is 6.22. The zero-order chi connectivity index (χ0) is 25.0. The van der Waals surface area contributed by atoms with Gasteiger partial charge in [-0.05, 0) is 67.5 Å². The summed E-state index contributed by atoms with van der Waals surface area (Å²) in [4.78, 5) is 34.2. The van der Waals surface area contributed by atoms with Crippen molar-refractivity contribution in [2.45, 2.75) is 66.8 Å². The number of carbonyl (C=O) groups is 1. The van der Waals surface area contributed by atoms with Crippen LogP contribution in [0.2, 0.25) is 5.02 Å². The van der Waals surface area contributed by atoms with E-state index < -0.39 is 0 Å². The summed E-state index contributed by atoms with van der Waals surface area (Å²) in [6.07, 6.45) is 2.00. The summed E-state index contributed by atoms with van der Waals surface area (Å²) in [5.41, 5.74) is 2.12. The molecule has 182 valence electrons. The van der Waals surface area contributed by atoms with Gasteiger partial charge in [-0.2, -0.15) is 0 Å². The third-order valence-corrected chi connectivity index (χ3v) is 6.35.